The van der Waals surface area contributed by atoms with E-state index in [1.54, 1.807) is 6.92 Å². The van der Waals surface area contributed by atoms with Gasteiger partial charge in [0.15, 0.2) is 5.78 Å². The summed E-state index contributed by atoms with van der Waals surface area (Å²) >= 11 is 0. The molecule has 0 amide bonds. The van der Waals surface area contributed by atoms with Gasteiger partial charge in [0.25, 0.3) is 0 Å². The van der Waals surface area contributed by atoms with Gasteiger partial charge in [-0.05, 0) is 51.9 Å². The maximum absolute atomic E-state index is 12.2. The highest BCUT2D eigenvalue weighted by Crippen LogP contribution is 2.27. The molecule has 0 saturated carbocycles. The minimum absolute atomic E-state index is 0.0371. The lowest BCUT2D eigenvalue weighted by molar-refractivity contribution is -0.164. The third kappa shape index (κ3) is 12.7. The number of carboxylic acid groups (broad SMARTS) is 1. The highest BCUT2D eigenvalue weighted by molar-refractivity contribution is 5.89. The average Bonchev–Trinajstić information content (AvgIpc) is 2.80. The molecule has 2 N–H and O–H groups in total. The van der Waals surface area contributed by atoms with Crippen LogP contribution in [-0.2, 0) is 33.4 Å². The van der Waals surface area contributed by atoms with Crippen molar-refractivity contribution in [1.29, 1.82) is 0 Å². The van der Waals surface area contributed by atoms with E-state index in [1.165, 1.54) is 0 Å². The molecule has 0 spiro atoms. The summed E-state index contributed by atoms with van der Waals surface area (Å²) in [4.78, 5) is 46.9. The lowest BCUT2D eigenvalue weighted by atomic mass is 9.91. The molecule has 0 aromatic rings. The van der Waals surface area contributed by atoms with E-state index in [0.717, 1.165) is 0 Å². The van der Waals surface area contributed by atoms with Gasteiger partial charge < -0.3 is 24.4 Å². The van der Waals surface area contributed by atoms with Crippen molar-refractivity contribution in [3.05, 3.63) is 0 Å². The van der Waals surface area contributed by atoms with Gasteiger partial charge in [0.1, 0.15) is 11.2 Å². The first kappa shape index (κ1) is 31.0. The fourth-order valence-electron chi connectivity index (χ4n) is 3.32. The number of esters is 2. The van der Waals surface area contributed by atoms with Crippen molar-refractivity contribution in [3.8, 4) is 0 Å². The van der Waals surface area contributed by atoms with Crippen molar-refractivity contribution >= 4 is 23.7 Å². The number of carboxylic acids is 1. The summed E-state index contributed by atoms with van der Waals surface area (Å²) in [5.74, 6) is -2.19. The van der Waals surface area contributed by atoms with Gasteiger partial charge in [-0.2, -0.15) is 0 Å². The molecule has 1 unspecified atom stereocenters. The molecule has 0 radical (unpaired) electrons. The molecule has 9 heteroatoms. The number of aliphatic hydroxyl groups excluding tert-OH is 1. The molecular formula is C24H42O9. The molecule has 0 aromatic carbocycles. The van der Waals surface area contributed by atoms with E-state index in [9.17, 15) is 19.2 Å². The van der Waals surface area contributed by atoms with Crippen molar-refractivity contribution in [2.24, 2.45) is 0 Å². The lowest BCUT2D eigenvalue weighted by Crippen LogP contribution is -2.38. The topological polar surface area (TPSA) is 136 Å². The average molecular weight is 475 g/mol. The van der Waals surface area contributed by atoms with Crippen molar-refractivity contribution in [2.75, 3.05) is 19.8 Å². The number of aliphatic carboxylic acids is 1. The summed E-state index contributed by atoms with van der Waals surface area (Å²) in [6.07, 6.45) is 3.54. The van der Waals surface area contributed by atoms with Gasteiger partial charge in [-0.15, -0.1) is 0 Å². The van der Waals surface area contributed by atoms with Crippen molar-refractivity contribution < 1.29 is 43.6 Å². The molecule has 0 fully saturated rings. The zero-order valence-electron chi connectivity index (χ0n) is 20.7. The van der Waals surface area contributed by atoms with Crippen LogP contribution in [0.2, 0.25) is 0 Å². The predicted octanol–water partition coefficient (Wildman–Crippen LogP) is 3.58. The zero-order valence-corrected chi connectivity index (χ0v) is 20.7. The number of hydrogen-bond acceptors (Lipinski definition) is 8. The molecule has 0 aliphatic rings. The Hall–Kier alpha value is -2.00. The second kappa shape index (κ2) is 16.6. The highest BCUT2D eigenvalue weighted by atomic mass is 16.6. The predicted molar refractivity (Wildman–Crippen MR) is 122 cm³/mol. The van der Waals surface area contributed by atoms with Crippen LogP contribution < -0.4 is 0 Å². The fraction of sp³-hybridized carbons (Fsp3) is 0.833. The quantitative estimate of drug-likeness (QED) is 0.200. The third-order valence-electron chi connectivity index (χ3n) is 6.00. The van der Waals surface area contributed by atoms with Gasteiger partial charge in [0.2, 0.25) is 0 Å². The van der Waals surface area contributed by atoms with E-state index in [0.29, 0.717) is 44.9 Å². The number of aliphatic hydroxyl groups is 1. The van der Waals surface area contributed by atoms with E-state index in [2.05, 4.69) is 0 Å². The van der Waals surface area contributed by atoms with Crippen molar-refractivity contribution in [3.63, 3.8) is 0 Å². The van der Waals surface area contributed by atoms with Gasteiger partial charge in [-0.3, -0.25) is 19.2 Å². The molecule has 0 heterocycles. The first-order valence-electron chi connectivity index (χ1n) is 11.9. The van der Waals surface area contributed by atoms with Crippen LogP contribution in [-0.4, -0.2) is 64.9 Å². The maximum atomic E-state index is 12.2. The first-order chi connectivity index (χ1) is 15.6. The van der Waals surface area contributed by atoms with E-state index in [4.69, 9.17) is 24.4 Å². The fourth-order valence-corrected chi connectivity index (χ4v) is 3.32. The molecule has 0 bridgehead atoms. The van der Waals surface area contributed by atoms with Gasteiger partial charge in [-0.25, -0.2) is 0 Å². The minimum atomic E-state index is -1.02. The molecule has 0 saturated heterocycles. The molecule has 9 nitrogen and oxygen atoms in total. The zero-order chi connectivity index (χ0) is 25.3. The second-order valence-corrected chi connectivity index (χ2v) is 8.37. The van der Waals surface area contributed by atoms with Crippen LogP contribution in [0.4, 0.5) is 0 Å². The number of unbranched alkanes of at least 4 members (excludes halogenated alkanes) is 1. The molecule has 0 rings (SSSR count). The number of hydrogen-bond donors (Lipinski definition) is 2. The maximum Gasteiger partial charge on any atom is 0.306 e. The second-order valence-electron chi connectivity index (χ2n) is 8.37. The van der Waals surface area contributed by atoms with E-state index >= 15 is 0 Å². The van der Waals surface area contributed by atoms with E-state index in [1.807, 2.05) is 20.8 Å². The van der Waals surface area contributed by atoms with E-state index in [-0.39, 0.29) is 51.3 Å². The summed E-state index contributed by atoms with van der Waals surface area (Å²) in [5.41, 5.74) is -1.62. The van der Waals surface area contributed by atoms with Gasteiger partial charge in [0, 0.05) is 19.6 Å². The van der Waals surface area contributed by atoms with Crippen molar-refractivity contribution in [1.82, 2.24) is 0 Å². The smallest absolute Gasteiger partial charge is 0.306 e. The van der Waals surface area contributed by atoms with Crippen LogP contribution in [0.1, 0.15) is 98.3 Å². The largest absolute Gasteiger partial charge is 0.481 e. The molecule has 1 atom stereocenters. The SMILES string of the molecule is CCC(CC)(CCCO)OC(=O)CCC(=O)OCCCCOC(C)(CC)C(=O)CCC(=O)O. The number of carbonyl (C=O) groups excluding carboxylic acids is 3. The Balaban J connectivity index is 4.17. The number of ether oxygens (including phenoxy) is 3. The lowest BCUT2D eigenvalue weighted by Gasteiger charge is -2.31. The van der Waals surface area contributed by atoms with Gasteiger partial charge >= 0.3 is 17.9 Å². The van der Waals surface area contributed by atoms with Crippen LogP contribution in [0.25, 0.3) is 0 Å². The first-order valence-corrected chi connectivity index (χ1v) is 11.9. The van der Waals surface area contributed by atoms with Crippen LogP contribution in [0.5, 0.6) is 0 Å². The highest BCUT2D eigenvalue weighted by Gasteiger charge is 2.32. The van der Waals surface area contributed by atoms with Crippen LogP contribution >= 0.6 is 0 Å². The number of Topliss-reactive ketones (excluding diaryl/α,β-unsaturated/α-hetero) is 1. The Kier molecular flexibility index (Phi) is 15.6. The summed E-state index contributed by atoms with van der Waals surface area (Å²) in [6, 6.07) is 0. The Morgan fingerprint density at radius 2 is 1.39 bits per heavy atom. The summed E-state index contributed by atoms with van der Waals surface area (Å²) in [5, 5.41) is 17.8. The molecular weight excluding hydrogens is 432 g/mol. The number of carbonyl (C=O) groups is 4. The molecule has 33 heavy (non-hydrogen) atoms. The van der Waals surface area contributed by atoms with Gasteiger partial charge in [-0.1, -0.05) is 20.8 Å². The van der Waals surface area contributed by atoms with Gasteiger partial charge in [0.05, 0.1) is 25.9 Å². The molecule has 0 aliphatic heterocycles. The summed E-state index contributed by atoms with van der Waals surface area (Å²) in [6.45, 7) is 7.83. The Labute approximate surface area is 197 Å². The molecule has 192 valence electrons. The molecule has 0 aromatic heterocycles. The monoisotopic (exact) mass is 474 g/mol. The number of rotatable bonds is 20. The van der Waals surface area contributed by atoms with Crippen LogP contribution in [0, 0.1) is 0 Å². The number of ketones is 1. The Morgan fingerprint density at radius 3 is 1.94 bits per heavy atom. The Bertz CT molecular complexity index is 613. The normalized spacial score (nSPS) is 13.2. The third-order valence-corrected chi connectivity index (χ3v) is 6.00. The van der Waals surface area contributed by atoms with Crippen LogP contribution in [0.3, 0.4) is 0 Å². The molecule has 0 aliphatic carbocycles. The minimum Gasteiger partial charge on any atom is -0.481 e. The summed E-state index contributed by atoms with van der Waals surface area (Å²) in [7, 11) is 0. The Morgan fingerprint density at radius 1 is 0.788 bits per heavy atom. The van der Waals surface area contributed by atoms with E-state index < -0.39 is 29.1 Å². The summed E-state index contributed by atoms with van der Waals surface area (Å²) < 4.78 is 16.4. The van der Waals surface area contributed by atoms with Crippen LogP contribution in [0.15, 0.2) is 0 Å². The standard InChI is InChI=1S/C24H42O9/c1-5-23(4,19(26)11-12-20(27)28)32-18-9-8-17-31-21(29)13-14-22(30)33-24(6-2,7-3)15-10-16-25/h25H,5-18H2,1-4H3,(H,27,28). The van der Waals surface area contributed by atoms with Crippen molar-refractivity contribution in [2.45, 2.75) is 110 Å².